The molecule has 0 radical (unpaired) electrons. The minimum atomic E-state index is -0.362. The second kappa shape index (κ2) is 7.28. The van der Waals surface area contributed by atoms with Crippen molar-refractivity contribution in [2.24, 2.45) is 0 Å². The van der Waals surface area contributed by atoms with Gasteiger partial charge in [0.2, 0.25) is 5.91 Å². The van der Waals surface area contributed by atoms with Crippen LogP contribution >= 0.6 is 11.6 Å². The van der Waals surface area contributed by atoms with Crippen molar-refractivity contribution in [1.29, 1.82) is 0 Å². The van der Waals surface area contributed by atoms with Gasteiger partial charge < -0.3 is 20.5 Å². The van der Waals surface area contributed by atoms with Crippen molar-refractivity contribution in [3.8, 4) is 11.5 Å². The predicted octanol–water partition coefficient (Wildman–Crippen LogP) is 3.87. The first-order valence-corrected chi connectivity index (χ1v) is 7.91. The molecule has 1 aromatic heterocycles. The third kappa shape index (κ3) is 3.52. The van der Waals surface area contributed by atoms with Gasteiger partial charge in [0.05, 0.1) is 23.3 Å². The molecule has 0 fully saturated rings. The van der Waals surface area contributed by atoms with E-state index in [1.807, 2.05) is 0 Å². The summed E-state index contributed by atoms with van der Waals surface area (Å²) in [4.78, 5) is 20.1. The number of carbonyl (C=O) groups excluding carboxylic acids is 1. The van der Waals surface area contributed by atoms with Crippen LogP contribution in [0.15, 0.2) is 49.3 Å². The zero-order valence-corrected chi connectivity index (χ0v) is 14.5. The van der Waals surface area contributed by atoms with E-state index in [0.717, 1.165) is 0 Å². The van der Waals surface area contributed by atoms with E-state index in [1.165, 1.54) is 25.6 Å². The lowest BCUT2D eigenvalue weighted by Crippen LogP contribution is -2.09. The number of rotatable bonds is 5. The van der Waals surface area contributed by atoms with Gasteiger partial charge >= 0.3 is 0 Å². The fourth-order valence-electron chi connectivity index (χ4n) is 2.36. The van der Waals surface area contributed by atoms with Crippen LogP contribution in [0.25, 0.3) is 10.9 Å². The smallest absolute Gasteiger partial charge is 0.247 e. The molecule has 1 heterocycles. The summed E-state index contributed by atoms with van der Waals surface area (Å²) in [6, 6.07) is 8.13. The molecule has 7 nitrogen and oxygen atoms in total. The van der Waals surface area contributed by atoms with E-state index < -0.39 is 0 Å². The first-order chi connectivity index (χ1) is 12.5. The number of halogens is 1. The molecule has 0 spiro atoms. The number of fused-ring (bicyclic) bond motifs is 1. The number of nitrogens with one attached hydrogen (secondary N) is 2. The zero-order valence-electron chi connectivity index (χ0n) is 13.8. The first kappa shape index (κ1) is 17.5. The van der Waals surface area contributed by atoms with E-state index in [-0.39, 0.29) is 16.7 Å². The molecular formula is C18H15ClN4O3. The predicted molar refractivity (Wildman–Crippen MR) is 101 cm³/mol. The van der Waals surface area contributed by atoms with Crippen LogP contribution in [0, 0.1) is 0 Å². The summed E-state index contributed by atoms with van der Waals surface area (Å²) >= 11 is 5.94. The molecule has 3 aromatic rings. The average molecular weight is 371 g/mol. The average Bonchev–Trinajstić information content (AvgIpc) is 2.64. The Morgan fingerprint density at radius 1 is 1.31 bits per heavy atom. The molecule has 0 atom stereocenters. The maximum atomic E-state index is 11.7. The molecule has 132 valence electrons. The number of aromatic hydroxyl groups is 1. The van der Waals surface area contributed by atoms with Crippen LogP contribution in [0.2, 0.25) is 5.02 Å². The normalized spacial score (nSPS) is 10.4. The van der Waals surface area contributed by atoms with Crippen LogP contribution < -0.4 is 15.4 Å². The molecule has 0 bridgehead atoms. The fraction of sp³-hybridized carbons (Fsp3) is 0.0556. The van der Waals surface area contributed by atoms with Crippen LogP contribution in [0.4, 0.5) is 17.2 Å². The van der Waals surface area contributed by atoms with E-state index in [4.69, 9.17) is 16.3 Å². The topological polar surface area (TPSA) is 96.4 Å². The van der Waals surface area contributed by atoms with Crippen molar-refractivity contribution in [3.05, 3.63) is 54.3 Å². The Kier molecular flexibility index (Phi) is 4.90. The highest BCUT2D eigenvalue weighted by atomic mass is 35.5. The molecular weight excluding hydrogens is 356 g/mol. The van der Waals surface area contributed by atoms with Gasteiger partial charge in [-0.15, -0.1) is 0 Å². The number of phenolic OH excluding ortho intramolecular Hbond substituents is 1. The molecule has 0 saturated carbocycles. The monoisotopic (exact) mass is 370 g/mol. The van der Waals surface area contributed by atoms with E-state index >= 15 is 0 Å². The molecule has 2 aromatic carbocycles. The number of aromatic nitrogens is 2. The molecule has 8 heteroatoms. The van der Waals surface area contributed by atoms with E-state index in [9.17, 15) is 9.90 Å². The summed E-state index contributed by atoms with van der Waals surface area (Å²) in [6.07, 6.45) is 2.58. The maximum Gasteiger partial charge on any atom is 0.247 e. The molecule has 1 amide bonds. The molecule has 3 N–H and O–H groups in total. The van der Waals surface area contributed by atoms with Crippen molar-refractivity contribution < 1.29 is 14.6 Å². The summed E-state index contributed by atoms with van der Waals surface area (Å²) in [6.45, 7) is 3.44. The molecule has 0 saturated heterocycles. The SMILES string of the molecule is C=CC(=O)Nc1cc2c(Nc3ccc(O)c(Cl)c3)ncnc2cc1OC. The second-order valence-electron chi connectivity index (χ2n) is 5.28. The van der Waals surface area contributed by atoms with Gasteiger partial charge in [0, 0.05) is 17.1 Å². The van der Waals surface area contributed by atoms with Crippen LogP contribution in [0.5, 0.6) is 11.5 Å². The lowest BCUT2D eigenvalue weighted by molar-refractivity contribution is -0.111. The zero-order chi connectivity index (χ0) is 18.7. The highest BCUT2D eigenvalue weighted by Crippen LogP contribution is 2.34. The standard InChI is InChI=1S/C18H15ClN4O3/c1-3-17(25)23-14-7-11-13(8-16(14)26-2)20-9-21-18(11)22-10-4-5-15(24)12(19)6-10/h3-9,24H,1H2,2H3,(H,23,25)(H,20,21,22). The number of benzene rings is 2. The summed E-state index contributed by atoms with van der Waals surface area (Å²) in [7, 11) is 1.50. The number of anilines is 3. The Morgan fingerprint density at radius 2 is 2.12 bits per heavy atom. The van der Waals surface area contributed by atoms with E-state index in [0.29, 0.717) is 33.8 Å². The molecule has 0 aliphatic rings. The van der Waals surface area contributed by atoms with Gasteiger partial charge in [0.25, 0.3) is 0 Å². The number of nitrogens with zero attached hydrogens (tertiary/aromatic N) is 2. The summed E-state index contributed by atoms with van der Waals surface area (Å²) in [5, 5.41) is 16.2. The van der Waals surface area contributed by atoms with Gasteiger partial charge in [-0.3, -0.25) is 4.79 Å². The Labute approximate surface area is 154 Å². The van der Waals surface area contributed by atoms with Gasteiger partial charge in [-0.25, -0.2) is 9.97 Å². The van der Waals surface area contributed by atoms with Crippen molar-refractivity contribution in [2.45, 2.75) is 0 Å². The Morgan fingerprint density at radius 3 is 2.81 bits per heavy atom. The van der Waals surface area contributed by atoms with Gasteiger partial charge in [0.15, 0.2) is 0 Å². The minimum Gasteiger partial charge on any atom is -0.506 e. The number of ether oxygens (including phenoxy) is 1. The van der Waals surface area contributed by atoms with E-state index in [2.05, 4.69) is 27.2 Å². The molecule has 26 heavy (non-hydrogen) atoms. The minimum absolute atomic E-state index is 0.0103. The third-order valence-electron chi connectivity index (χ3n) is 3.61. The lowest BCUT2D eigenvalue weighted by Gasteiger charge is -2.13. The number of hydrogen-bond donors (Lipinski definition) is 3. The Hall–Kier alpha value is -3.32. The number of methoxy groups -OCH3 is 1. The first-order valence-electron chi connectivity index (χ1n) is 7.53. The van der Waals surface area contributed by atoms with Crippen LogP contribution in [0.1, 0.15) is 0 Å². The van der Waals surface area contributed by atoms with Crippen LogP contribution in [0.3, 0.4) is 0 Å². The van der Waals surface area contributed by atoms with Crippen LogP contribution in [-0.2, 0) is 4.79 Å². The van der Waals surface area contributed by atoms with E-state index in [1.54, 1.807) is 24.3 Å². The number of amides is 1. The lowest BCUT2D eigenvalue weighted by atomic mass is 10.2. The highest BCUT2D eigenvalue weighted by molar-refractivity contribution is 6.32. The van der Waals surface area contributed by atoms with Gasteiger partial charge in [0.1, 0.15) is 23.6 Å². The quantitative estimate of drug-likeness (QED) is 0.466. The number of phenols is 1. The number of hydrogen-bond acceptors (Lipinski definition) is 6. The maximum absolute atomic E-state index is 11.7. The molecule has 0 aliphatic heterocycles. The Bertz CT molecular complexity index is 1010. The van der Waals surface area contributed by atoms with Crippen molar-refractivity contribution >= 4 is 45.6 Å². The van der Waals surface area contributed by atoms with Crippen molar-refractivity contribution in [2.75, 3.05) is 17.7 Å². The summed E-state index contributed by atoms with van der Waals surface area (Å²) in [5.74, 6) is 0.599. The molecule has 0 aliphatic carbocycles. The van der Waals surface area contributed by atoms with Gasteiger partial charge in [-0.05, 0) is 30.3 Å². The fourth-order valence-corrected chi connectivity index (χ4v) is 2.54. The second-order valence-corrected chi connectivity index (χ2v) is 5.68. The van der Waals surface area contributed by atoms with Crippen molar-refractivity contribution in [1.82, 2.24) is 9.97 Å². The summed E-state index contributed by atoms with van der Waals surface area (Å²) in [5.41, 5.74) is 1.73. The molecule has 3 rings (SSSR count). The van der Waals surface area contributed by atoms with Crippen molar-refractivity contribution in [3.63, 3.8) is 0 Å². The number of carbonyl (C=O) groups is 1. The highest BCUT2D eigenvalue weighted by Gasteiger charge is 2.12. The van der Waals surface area contributed by atoms with Crippen LogP contribution in [-0.4, -0.2) is 28.1 Å². The summed E-state index contributed by atoms with van der Waals surface area (Å²) < 4.78 is 5.31. The molecule has 0 unspecified atom stereocenters. The van der Waals surface area contributed by atoms with Gasteiger partial charge in [-0.1, -0.05) is 18.2 Å². The van der Waals surface area contributed by atoms with Gasteiger partial charge in [-0.2, -0.15) is 0 Å². The third-order valence-corrected chi connectivity index (χ3v) is 3.91. The Balaban J connectivity index is 2.07. The largest absolute Gasteiger partial charge is 0.506 e.